The van der Waals surface area contributed by atoms with E-state index in [9.17, 15) is 4.79 Å². The molecule has 0 saturated heterocycles. The number of thioether (sulfide) groups is 1. The molecule has 0 bridgehead atoms. The Balaban J connectivity index is 1.89. The van der Waals surface area contributed by atoms with Crippen LogP contribution in [0.1, 0.15) is 17.3 Å². The molecule has 1 aromatic heterocycles. The van der Waals surface area contributed by atoms with E-state index in [1.165, 1.54) is 12.7 Å². The van der Waals surface area contributed by atoms with Crippen LogP contribution in [0.5, 0.6) is 0 Å². The van der Waals surface area contributed by atoms with Gasteiger partial charge in [-0.05, 0) is 19.1 Å². The standard InChI is InChI=1S/C13H14N2O3S/c1-9-3-5-10(6-4-9)19-8-11-14-12(18-15-11)7-13(16)17-2/h3-6H,7-8H2,1-2H3. The highest BCUT2D eigenvalue weighted by molar-refractivity contribution is 7.98. The summed E-state index contributed by atoms with van der Waals surface area (Å²) in [7, 11) is 1.33. The smallest absolute Gasteiger partial charge is 0.315 e. The summed E-state index contributed by atoms with van der Waals surface area (Å²) in [6.07, 6.45) is 0.0126. The molecule has 0 aliphatic rings. The van der Waals surface area contributed by atoms with Crippen LogP contribution in [0.2, 0.25) is 0 Å². The Labute approximate surface area is 115 Å². The maximum Gasteiger partial charge on any atom is 0.315 e. The number of methoxy groups -OCH3 is 1. The summed E-state index contributed by atoms with van der Waals surface area (Å²) >= 11 is 1.62. The van der Waals surface area contributed by atoms with Gasteiger partial charge in [0.1, 0.15) is 6.42 Å². The third-order valence-corrected chi connectivity index (χ3v) is 3.43. The van der Waals surface area contributed by atoms with Gasteiger partial charge in [-0.3, -0.25) is 4.79 Å². The number of aromatic nitrogens is 2. The van der Waals surface area contributed by atoms with Gasteiger partial charge < -0.3 is 9.26 Å². The predicted molar refractivity (Wildman–Crippen MR) is 70.8 cm³/mol. The number of carbonyl (C=O) groups is 1. The maximum atomic E-state index is 11.0. The maximum absolute atomic E-state index is 11.0. The number of hydrogen-bond acceptors (Lipinski definition) is 6. The normalized spacial score (nSPS) is 10.4. The summed E-state index contributed by atoms with van der Waals surface area (Å²) in [5.74, 6) is 1.07. The molecular weight excluding hydrogens is 264 g/mol. The number of benzene rings is 1. The van der Waals surface area contributed by atoms with E-state index in [-0.39, 0.29) is 18.3 Å². The lowest BCUT2D eigenvalue weighted by atomic mass is 10.2. The molecule has 0 aliphatic carbocycles. The van der Waals surface area contributed by atoms with Gasteiger partial charge in [0.25, 0.3) is 0 Å². The van der Waals surface area contributed by atoms with E-state index in [2.05, 4.69) is 39.1 Å². The first-order chi connectivity index (χ1) is 9.17. The van der Waals surface area contributed by atoms with Crippen molar-refractivity contribution in [3.8, 4) is 0 Å². The summed E-state index contributed by atoms with van der Waals surface area (Å²) in [5, 5.41) is 3.82. The molecule has 1 aromatic carbocycles. The lowest BCUT2D eigenvalue weighted by molar-refractivity contribution is -0.140. The Hall–Kier alpha value is -1.82. The summed E-state index contributed by atoms with van der Waals surface area (Å²) in [6, 6.07) is 8.22. The molecule has 5 nitrogen and oxygen atoms in total. The van der Waals surface area contributed by atoms with Crippen LogP contribution < -0.4 is 0 Å². The highest BCUT2D eigenvalue weighted by atomic mass is 32.2. The van der Waals surface area contributed by atoms with Gasteiger partial charge in [-0.2, -0.15) is 4.98 Å². The number of ether oxygens (including phenoxy) is 1. The van der Waals surface area contributed by atoms with Gasteiger partial charge in [0.15, 0.2) is 5.82 Å². The molecule has 19 heavy (non-hydrogen) atoms. The number of esters is 1. The molecule has 0 saturated carbocycles. The van der Waals surface area contributed by atoms with Gasteiger partial charge in [0, 0.05) is 4.90 Å². The molecule has 0 atom stereocenters. The van der Waals surface area contributed by atoms with Gasteiger partial charge in [-0.15, -0.1) is 11.8 Å². The molecular formula is C13H14N2O3S. The molecule has 1 heterocycles. The molecule has 2 aromatic rings. The molecule has 100 valence electrons. The fourth-order valence-electron chi connectivity index (χ4n) is 1.40. The van der Waals surface area contributed by atoms with Crippen molar-refractivity contribution in [3.05, 3.63) is 41.5 Å². The van der Waals surface area contributed by atoms with E-state index in [0.29, 0.717) is 11.6 Å². The monoisotopic (exact) mass is 278 g/mol. The summed E-state index contributed by atoms with van der Waals surface area (Å²) < 4.78 is 9.50. The summed E-state index contributed by atoms with van der Waals surface area (Å²) in [5.41, 5.74) is 1.23. The number of hydrogen-bond donors (Lipinski definition) is 0. The van der Waals surface area contributed by atoms with Gasteiger partial charge in [0.2, 0.25) is 5.89 Å². The Morgan fingerprint density at radius 3 is 2.79 bits per heavy atom. The fraction of sp³-hybridized carbons (Fsp3) is 0.308. The van der Waals surface area contributed by atoms with E-state index in [1.54, 1.807) is 11.8 Å². The van der Waals surface area contributed by atoms with Crippen LogP contribution in [-0.4, -0.2) is 23.2 Å². The minimum absolute atomic E-state index is 0.0126. The second-order valence-corrected chi connectivity index (χ2v) is 5.01. The predicted octanol–water partition coefficient (Wildman–Crippen LogP) is 2.39. The van der Waals surface area contributed by atoms with Crippen molar-refractivity contribution >= 4 is 17.7 Å². The lowest BCUT2D eigenvalue weighted by Gasteiger charge is -1.98. The molecule has 0 spiro atoms. The van der Waals surface area contributed by atoms with E-state index in [4.69, 9.17) is 4.52 Å². The van der Waals surface area contributed by atoms with Crippen LogP contribution >= 0.6 is 11.8 Å². The zero-order valence-corrected chi connectivity index (χ0v) is 11.6. The van der Waals surface area contributed by atoms with Crippen molar-refractivity contribution in [3.63, 3.8) is 0 Å². The van der Waals surface area contributed by atoms with Crippen molar-refractivity contribution in [2.24, 2.45) is 0 Å². The van der Waals surface area contributed by atoms with Crippen LogP contribution in [0.3, 0.4) is 0 Å². The quantitative estimate of drug-likeness (QED) is 0.618. The molecule has 2 rings (SSSR count). The van der Waals surface area contributed by atoms with Crippen LogP contribution in [-0.2, 0) is 21.7 Å². The van der Waals surface area contributed by atoms with Crippen LogP contribution in [0, 0.1) is 6.92 Å². The molecule has 0 amide bonds. The first-order valence-electron chi connectivity index (χ1n) is 5.75. The first kappa shape index (κ1) is 13.6. The Kier molecular flexibility index (Phi) is 4.57. The third-order valence-electron chi connectivity index (χ3n) is 2.42. The topological polar surface area (TPSA) is 65.2 Å². The van der Waals surface area contributed by atoms with E-state index in [1.807, 2.05) is 6.92 Å². The minimum atomic E-state index is -0.388. The van der Waals surface area contributed by atoms with Gasteiger partial charge in [-0.25, -0.2) is 0 Å². The third kappa shape index (κ3) is 4.10. The highest BCUT2D eigenvalue weighted by Crippen LogP contribution is 2.21. The second-order valence-electron chi connectivity index (χ2n) is 3.96. The zero-order valence-electron chi connectivity index (χ0n) is 10.8. The molecule has 0 N–H and O–H groups in total. The molecule has 0 aliphatic heterocycles. The van der Waals surface area contributed by atoms with Crippen LogP contribution in [0.25, 0.3) is 0 Å². The van der Waals surface area contributed by atoms with Crippen molar-refractivity contribution in [1.29, 1.82) is 0 Å². The zero-order chi connectivity index (χ0) is 13.7. The number of rotatable bonds is 5. The SMILES string of the molecule is COC(=O)Cc1nc(CSc2ccc(C)cc2)no1. The molecule has 0 fully saturated rings. The average Bonchev–Trinajstić information content (AvgIpc) is 2.85. The van der Waals surface area contributed by atoms with Crippen molar-refractivity contribution in [1.82, 2.24) is 10.1 Å². The molecule has 0 unspecified atom stereocenters. The highest BCUT2D eigenvalue weighted by Gasteiger charge is 2.11. The van der Waals surface area contributed by atoms with E-state index >= 15 is 0 Å². The first-order valence-corrected chi connectivity index (χ1v) is 6.73. The van der Waals surface area contributed by atoms with Crippen LogP contribution in [0.4, 0.5) is 0 Å². The van der Waals surface area contributed by atoms with Crippen molar-refractivity contribution in [2.45, 2.75) is 24.0 Å². The van der Waals surface area contributed by atoms with E-state index < -0.39 is 0 Å². The van der Waals surface area contributed by atoms with Gasteiger partial charge in [0.05, 0.1) is 12.9 Å². The lowest BCUT2D eigenvalue weighted by Crippen LogP contribution is -2.04. The number of carbonyl (C=O) groups excluding carboxylic acids is 1. The number of nitrogens with zero attached hydrogens (tertiary/aromatic N) is 2. The Bertz CT molecular complexity index is 551. The Morgan fingerprint density at radius 1 is 1.37 bits per heavy atom. The van der Waals surface area contributed by atoms with Gasteiger partial charge in [-0.1, -0.05) is 22.9 Å². The summed E-state index contributed by atoms with van der Waals surface area (Å²) in [6.45, 7) is 2.05. The molecule has 6 heteroatoms. The van der Waals surface area contributed by atoms with Crippen molar-refractivity contribution < 1.29 is 14.1 Å². The Morgan fingerprint density at radius 2 is 2.11 bits per heavy atom. The number of aryl methyl sites for hydroxylation is 1. The average molecular weight is 278 g/mol. The second kappa shape index (κ2) is 6.38. The van der Waals surface area contributed by atoms with E-state index in [0.717, 1.165) is 4.90 Å². The van der Waals surface area contributed by atoms with Crippen LogP contribution in [0.15, 0.2) is 33.7 Å². The van der Waals surface area contributed by atoms with Gasteiger partial charge >= 0.3 is 5.97 Å². The largest absolute Gasteiger partial charge is 0.469 e. The minimum Gasteiger partial charge on any atom is -0.469 e. The summed E-state index contributed by atoms with van der Waals surface area (Å²) in [4.78, 5) is 16.3. The molecule has 0 radical (unpaired) electrons. The van der Waals surface area contributed by atoms with Crippen molar-refractivity contribution in [2.75, 3.05) is 7.11 Å². The fourth-order valence-corrected chi connectivity index (χ4v) is 2.14.